The number of benzene rings is 1. The van der Waals surface area contributed by atoms with Gasteiger partial charge in [-0.2, -0.15) is 5.10 Å². The van der Waals surface area contributed by atoms with Crippen molar-refractivity contribution in [2.75, 3.05) is 5.32 Å². The minimum atomic E-state index is -0.0509. The van der Waals surface area contributed by atoms with Crippen LogP contribution in [0.25, 0.3) is 0 Å². The van der Waals surface area contributed by atoms with Gasteiger partial charge in [0, 0.05) is 12.1 Å². The monoisotopic (exact) mass is 277 g/mol. The quantitative estimate of drug-likeness (QED) is 0.934. The number of halogens is 1. The molecule has 0 fully saturated rings. The predicted molar refractivity (Wildman–Crippen MR) is 76.4 cm³/mol. The molecule has 0 radical (unpaired) electrons. The minimum absolute atomic E-state index is 0.0509. The second kappa shape index (κ2) is 5.89. The van der Waals surface area contributed by atoms with Crippen molar-refractivity contribution in [3.05, 3.63) is 46.7 Å². The molecule has 2 rings (SSSR count). The van der Waals surface area contributed by atoms with Gasteiger partial charge in [-0.05, 0) is 24.1 Å². The van der Waals surface area contributed by atoms with Crippen LogP contribution in [0.4, 0.5) is 5.69 Å². The summed E-state index contributed by atoms with van der Waals surface area (Å²) in [5.74, 6) is -0.0509. The van der Waals surface area contributed by atoms with Gasteiger partial charge >= 0.3 is 0 Å². The molecule has 1 heterocycles. The molecule has 4 nitrogen and oxygen atoms in total. The Morgan fingerprint density at radius 2 is 2.05 bits per heavy atom. The molecule has 0 spiro atoms. The molecule has 0 saturated carbocycles. The minimum Gasteiger partial charge on any atom is -0.323 e. The first kappa shape index (κ1) is 13.6. The summed E-state index contributed by atoms with van der Waals surface area (Å²) >= 11 is 5.81. The van der Waals surface area contributed by atoms with Crippen molar-refractivity contribution in [3.63, 3.8) is 0 Å². The van der Waals surface area contributed by atoms with Gasteiger partial charge in [-0.1, -0.05) is 30.7 Å². The summed E-state index contributed by atoms with van der Waals surface area (Å²) in [6, 6.07) is 7.27. The highest BCUT2D eigenvalue weighted by Gasteiger charge is 2.10. The number of nitrogens with zero attached hydrogens (tertiary/aromatic N) is 2. The molecule has 0 aliphatic carbocycles. The third-order valence-electron chi connectivity index (χ3n) is 2.95. The number of aryl methyl sites for hydroxylation is 1. The highest BCUT2D eigenvalue weighted by Crippen LogP contribution is 2.15. The van der Waals surface area contributed by atoms with Crippen LogP contribution in [0.3, 0.4) is 0 Å². The van der Waals surface area contributed by atoms with Crippen LogP contribution in [0.15, 0.2) is 30.5 Å². The van der Waals surface area contributed by atoms with Crippen LogP contribution in [0.1, 0.15) is 18.2 Å². The van der Waals surface area contributed by atoms with Crippen LogP contribution in [0.5, 0.6) is 0 Å². The summed E-state index contributed by atoms with van der Waals surface area (Å²) in [6.07, 6.45) is 2.83. The number of hydrogen-bond acceptors (Lipinski definition) is 2. The third-order valence-corrected chi connectivity index (χ3v) is 3.20. The van der Waals surface area contributed by atoms with Crippen molar-refractivity contribution in [2.45, 2.75) is 19.8 Å². The number of nitrogens with one attached hydrogen (secondary N) is 1. The van der Waals surface area contributed by atoms with Gasteiger partial charge in [-0.15, -0.1) is 0 Å². The van der Waals surface area contributed by atoms with Crippen molar-refractivity contribution < 1.29 is 4.79 Å². The molecule has 1 amide bonds. The maximum Gasteiger partial charge on any atom is 0.228 e. The SMILES string of the molecule is CCc1c(NC(=O)Cc2ccc(Cl)cc2)cnn1C. The van der Waals surface area contributed by atoms with Crippen molar-refractivity contribution in [1.82, 2.24) is 9.78 Å². The Morgan fingerprint density at radius 3 is 2.68 bits per heavy atom. The number of amides is 1. The third kappa shape index (κ3) is 3.35. The lowest BCUT2D eigenvalue weighted by Gasteiger charge is -2.06. The van der Waals surface area contributed by atoms with E-state index in [-0.39, 0.29) is 5.91 Å². The summed E-state index contributed by atoms with van der Waals surface area (Å²) in [5, 5.41) is 7.70. The summed E-state index contributed by atoms with van der Waals surface area (Å²) in [5.41, 5.74) is 2.73. The Morgan fingerprint density at radius 1 is 1.37 bits per heavy atom. The number of rotatable bonds is 4. The number of carbonyl (C=O) groups excluding carboxylic acids is 1. The molecule has 0 unspecified atom stereocenters. The number of aromatic nitrogens is 2. The van der Waals surface area contributed by atoms with E-state index in [9.17, 15) is 4.79 Å². The lowest BCUT2D eigenvalue weighted by Crippen LogP contribution is -2.15. The number of carbonyl (C=O) groups is 1. The van der Waals surface area contributed by atoms with Gasteiger partial charge in [-0.25, -0.2) is 0 Å². The van der Waals surface area contributed by atoms with E-state index < -0.39 is 0 Å². The zero-order valence-corrected chi connectivity index (χ0v) is 11.7. The fourth-order valence-corrected chi connectivity index (χ4v) is 2.09. The van der Waals surface area contributed by atoms with E-state index in [0.717, 1.165) is 23.4 Å². The van der Waals surface area contributed by atoms with Gasteiger partial charge in [0.2, 0.25) is 5.91 Å². The Labute approximate surface area is 117 Å². The molecule has 0 aliphatic rings. The molecule has 0 bridgehead atoms. The van der Waals surface area contributed by atoms with E-state index >= 15 is 0 Å². The van der Waals surface area contributed by atoms with Crippen molar-refractivity contribution in [3.8, 4) is 0 Å². The second-order valence-electron chi connectivity index (χ2n) is 4.33. The first-order valence-corrected chi connectivity index (χ1v) is 6.53. The molecule has 5 heteroatoms. The van der Waals surface area contributed by atoms with Crippen molar-refractivity contribution in [2.24, 2.45) is 7.05 Å². The summed E-state index contributed by atoms with van der Waals surface area (Å²) in [7, 11) is 1.87. The fraction of sp³-hybridized carbons (Fsp3) is 0.286. The number of anilines is 1. The average molecular weight is 278 g/mol. The van der Waals surface area contributed by atoms with E-state index in [1.165, 1.54) is 0 Å². The van der Waals surface area contributed by atoms with Gasteiger partial charge < -0.3 is 5.32 Å². The normalized spacial score (nSPS) is 10.5. The molecule has 1 aromatic heterocycles. The lowest BCUT2D eigenvalue weighted by molar-refractivity contribution is -0.115. The lowest BCUT2D eigenvalue weighted by atomic mass is 10.1. The molecule has 0 aliphatic heterocycles. The van der Waals surface area contributed by atoms with Crippen LogP contribution >= 0.6 is 11.6 Å². The Balaban J connectivity index is 2.03. The van der Waals surface area contributed by atoms with Crippen molar-refractivity contribution >= 4 is 23.2 Å². The topological polar surface area (TPSA) is 46.9 Å². The number of hydrogen-bond donors (Lipinski definition) is 1. The van der Waals surface area contributed by atoms with Gasteiger partial charge in [0.25, 0.3) is 0 Å². The van der Waals surface area contributed by atoms with Crippen LogP contribution in [0, 0.1) is 0 Å². The van der Waals surface area contributed by atoms with Crippen LogP contribution < -0.4 is 5.32 Å². The maximum atomic E-state index is 12.0. The van der Waals surface area contributed by atoms with Gasteiger partial charge in [0.15, 0.2) is 0 Å². The highest BCUT2D eigenvalue weighted by atomic mass is 35.5. The van der Waals surface area contributed by atoms with E-state index in [2.05, 4.69) is 10.4 Å². The highest BCUT2D eigenvalue weighted by molar-refractivity contribution is 6.30. The average Bonchev–Trinajstić information content (AvgIpc) is 2.72. The van der Waals surface area contributed by atoms with Crippen LogP contribution in [-0.2, 0) is 24.7 Å². The summed E-state index contributed by atoms with van der Waals surface area (Å²) < 4.78 is 1.78. The predicted octanol–water partition coefficient (Wildman–Crippen LogP) is 2.82. The maximum absolute atomic E-state index is 12.0. The molecule has 1 N–H and O–H groups in total. The molecule has 19 heavy (non-hydrogen) atoms. The van der Waals surface area contributed by atoms with E-state index in [0.29, 0.717) is 11.4 Å². The van der Waals surface area contributed by atoms with Gasteiger partial charge in [-0.3, -0.25) is 9.48 Å². The second-order valence-corrected chi connectivity index (χ2v) is 4.77. The molecule has 2 aromatic rings. The standard InChI is InChI=1S/C14H16ClN3O/c1-3-13-12(9-16-18(13)2)17-14(19)8-10-4-6-11(15)7-5-10/h4-7,9H,3,8H2,1-2H3,(H,17,19). The van der Waals surface area contributed by atoms with E-state index in [1.807, 2.05) is 26.1 Å². The first-order valence-electron chi connectivity index (χ1n) is 6.15. The molecular formula is C14H16ClN3O. The zero-order chi connectivity index (χ0) is 13.8. The van der Waals surface area contributed by atoms with Gasteiger partial charge in [0.1, 0.15) is 0 Å². The molecule has 0 atom stereocenters. The Kier molecular flexibility index (Phi) is 4.22. The zero-order valence-electron chi connectivity index (χ0n) is 11.0. The van der Waals surface area contributed by atoms with E-state index in [1.54, 1.807) is 23.0 Å². The molecule has 100 valence electrons. The van der Waals surface area contributed by atoms with E-state index in [4.69, 9.17) is 11.6 Å². The first-order chi connectivity index (χ1) is 9.10. The van der Waals surface area contributed by atoms with Crippen molar-refractivity contribution in [1.29, 1.82) is 0 Å². The smallest absolute Gasteiger partial charge is 0.228 e. The van der Waals surface area contributed by atoms with Gasteiger partial charge in [0.05, 0.1) is 24.0 Å². The summed E-state index contributed by atoms with van der Waals surface area (Å²) in [4.78, 5) is 12.0. The van der Waals surface area contributed by atoms with Crippen LogP contribution in [0.2, 0.25) is 5.02 Å². The Bertz CT molecular complexity index is 575. The fourth-order valence-electron chi connectivity index (χ4n) is 1.97. The molecule has 0 saturated heterocycles. The molecular weight excluding hydrogens is 262 g/mol. The Hall–Kier alpha value is -1.81. The summed E-state index contributed by atoms with van der Waals surface area (Å²) in [6.45, 7) is 2.03. The molecule has 1 aromatic carbocycles. The van der Waals surface area contributed by atoms with Crippen LogP contribution in [-0.4, -0.2) is 15.7 Å². The largest absolute Gasteiger partial charge is 0.323 e.